The number of hydrogen-bond donors (Lipinski definition) is 2. The van der Waals surface area contributed by atoms with E-state index in [0.717, 1.165) is 19.4 Å². The van der Waals surface area contributed by atoms with Crippen molar-refractivity contribution in [1.82, 2.24) is 5.32 Å². The lowest BCUT2D eigenvalue weighted by atomic mass is 10.1. The number of thiophene rings is 1. The van der Waals surface area contributed by atoms with Crippen LogP contribution in [0.3, 0.4) is 0 Å². The summed E-state index contributed by atoms with van der Waals surface area (Å²) in [5.74, 6) is 0. The Bertz CT molecular complexity index is 233. The molecule has 3 heteroatoms. The molecule has 1 rings (SSSR count). The van der Waals surface area contributed by atoms with Crippen LogP contribution in [0.4, 0.5) is 0 Å². The van der Waals surface area contributed by atoms with Crippen LogP contribution in [0.15, 0.2) is 16.8 Å². The summed E-state index contributed by atoms with van der Waals surface area (Å²) in [6.45, 7) is 4.98. The van der Waals surface area contributed by atoms with E-state index in [0.29, 0.717) is 6.04 Å². The van der Waals surface area contributed by atoms with Crippen molar-refractivity contribution < 1.29 is 5.11 Å². The molecule has 1 heterocycles. The molecule has 14 heavy (non-hydrogen) atoms. The largest absolute Gasteiger partial charge is 0.393 e. The van der Waals surface area contributed by atoms with Gasteiger partial charge in [0.1, 0.15) is 0 Å². The molecule has 0 fully saturated rings. The topological polar surface area (TPSA) is 32.3 Å². The van der Waals surface area contributed by atoms with Gasteiger partial charge in [0.05, 0.1) is 6.10 Å². The van der Waals surface area contributed by atoms with Crippen molar-refractivity contribution in [3.05, 3.63) is 22.4 Å². The second-order valence-electron chi connectivity index (χ2n) is 3.72. The number of hydrogen-bond acceptors (Lipinski definition) is 3. The highest BCUT2D eigenvalue weighted by atomic mass is 32.1. The third kappa shape index (κ3) is 4.22. The number of rotatable bonds is 6. The van der Waals surface area contributed by atoms with Gasteiger partial charge in [-0.05, 0) is 55.6 Å². The van der Waals surface area contributed by atoms with Crippen molar-refractivity contribution in [2.45, 2.75) is 38.8 Å². The fourth-order valence-corrected chi connectivity index (χ4v) is 2.11. The lowest BCUT2D eigenvalue weighted by molar-refractivity contribution is 0.181. The zero-order valence-electron chi connectivity index (χ0n) is 8.86. The average molecular weight is 213 g/mol. The van der Waals surface area contributed by atoms with Gasteiger partial charge in [-0.3, -0.25) is 0 Å². The van der Waals surface area contributed by atoms with Gasteiger partial charge in [-0.15, -0.1) is 0 Å². The standard InChI is InChI=1S/C11H19NOS/c1-9(13)4-3-6-12-10(2)11-5-7-14-8-11/h5,7-10,12-13H,3-4,6H2,1-2H3. The van der Waals surface area contributed by atoms with Gasteiger partial charge >= 0.3 is 0 Å². The summed E-state index contributed by atoms with van der Waals surface area (Å²) >= 11 is 1.73. The summed E-state index contributed by atoms with van der Waals surface area (Å²) in [6, 6.07) is 2.58. The van der Waals surface area contributed by atoms with Crippen molar-refractivity contribution in [2.75, 3.05) is 6.54 Å². The van der Waals surface area contributed by atoms with E-state index in [2.05, 4.69) is 29.1 Å². The fourth-order valence-electron chi connectivity index (χ4n) is 1.36. The highest BCUT2D eigenvalue weighted by Crippen LogP contribution is 2.15. The predicted molar refractivity (Wildman–Crippen MR) is 61.7 cm³/mol. The monoisotopic (exact) mass is 213 g/mol. The molecule has 0 saturated heterocycles. The molecule has 0 aromatic carbocycles. The molecular weight excluding hydrogens is 194 g/mol. The Hall–Kier alpha value is -0.380. The maximum Gasteiger partial charge on any atom is 0.0512 e. The Morgan fingerprint density at radius 3 is 2.86 bits per heavy atom. The fraction of sp³-hybridized carbons (Fsp3) is 0.636. The maximum absolute atomic E-state index is 9.08. The third-order valence-electron chi connectivity index (χ3n) is 2.29. The van der Waals surface area contributed by atoms with Crippen LogP contribution in [-0.4, -0.2) is 17.8 Å². The molecule has 0 spiro atoms. The summed E-state index contributed by atoms with van der Waals surface area (Å²) < 4.78 is 0. The van der Waals surface area contributed by atoms with Gasteiger partial charge in [0.15, 0.2) is 0 Å². The molecule has 1 aromatic rings. The average Bonchev–Trinajstić information content (AvgIpc) is 2.64. The van der Waals surface area contributed by atoms with Gasteiger partial charge in [0, 0.05) is 6.04 Å². The minimum absolute atomic E-state index is 0.173. The molecule has 1 aromatic heterocycles. The molecule has 0 amide bonds. The first-order valence-corrected chi connectivity index (χ1v) is 6.08. The molecule has 2 nitrogen and oxygen atoms in total. The summed E-state index contributed by atoms with van der Waals surface area (Å²) in [5.41, 5.74) is 1.35. The molecule has 0 aliphatic rings. The van der Waals surface area contributed by atoms with Gasteiger partial charge < -0.3 is 10.4 Å². The second kappa shape index (κ2) is 6.17. The van der Waals surface area contributed by atoms with Crippen LogP contribution in [0.25, 0.3) is 0 Å². The Kier molecular flexibility index (Phi) is 5.15. The molecule has 0 aliphatic carbocycles. The van der Waals surface area contributed by atoms with E-state index in [4.69, 9.17) is 5.11 Å². The number of nitrogens with one attached hydrogen (secondary N) is 1. The van der Waals surface area contributed by atoms with E-state index in [9.17, 15) is 0 Å². The zero-order chi connectivity index (χ0) is 10.4. The van der Waals surface area contributed by atoms with Crippen molar-refractivity contribution in [1.29, 1.82) is 0 Å². The lowest BCUT2D eigenvalue weighted by Gasteiger charge is -2.12. The normalized spacial score (nSPS) is 15.4. The van der Waals surface area contributed by atoms with Crippen molar-refractivity contribution in [3.63, 3.8) is 0 Å². The Balaban J connectivity index is 2.13. The Labute approximate surface area is 90.0 Å². The van der Waals surface area contributed by atoms with Crippen molar-refractivity contribution >= 4 is 11.3 Å². The highest BCUT2D eigenvalue weighted by Gasteiger charge is 2.04. The van der Waals surface area contributed by atoms with Gasteiger partial charge in [-0.2, -0.15) is 11.3 Å². The highest BCUT2D eigenvalue weighted by molar-refractivity contribution is 7.07. The number of aliphatic hydroxyl groups excluding tert-OH is 1. The van der Waals surface area contributed by atoms with Crippen LogP contribution in [-0.2, 0) is 0 Å². The van der Waals surface area contributed by atoms with E-state index in [1.54, 1.807) is 11.3 Å². The Morgan fingerprint density at radius 1 is 1.50 bits per heavy atom. The molecular formula is C11H19NOS. The summed E-state index contributed by atoms with van der Waals surface area (Å²) in [5, 5.41) is 16.8. The SMILES string of the molecule is CC(O)CCCNC(C)c1ccsc1. The van der Waals surface area contributed by atoms with E-state index >= 15 is 0 Å². The predicted octanol–water partition coefficient (Wildman–Crippen LogP) is 2.56. The van der Waals surface area contributed by atoms with E-state index in [1.807, 2.05) is 6.92 Å². The first-order valence-electron chi connectivity index (χ1n) is 5.13. The van der Waals surface area contributed by atoms with Gasteiger partial charge in [-0.25, -0.2) is 0 Å². The zero-order valence-corrected chi connectivity index (χ0v) is 9.68. The second-order valence-corrected chi connectivity index (χ2v) is 4.50. The van der Waals surface area contributed by atoms with Crippen LogP contribution in [0.5, 0.6) is 0 Å². The third-order valence-corrected chi connectivity index (χ3v) is 2.99. The quantitative estimate of drug-likeness (QED) is 0.712. The molecule has 0 aliphatic heterocycles. The molecule has 2 unspecified atom stereocenters. The first kappa shape index (κ1) is 11.7. The van der Waals surface area contributed by atoms with Crippen LogP contribution >= 0.6 is 11.3 Å². The van der Waals surface area contributed by atoms with E-state index in [-0.39, 0.29) is 6.10 Å². The first-order chi connectivity index (χ1) is 6.70. The minimum Gasteiger partial charge on any atom is -0.393 e. The van der Waals surface area contributed by atoms with Crippen LogP contribution < -0.4 is 5.32 Å². The van der Waals surface area contributed by atoms with E-state index < -0.39 is 0 Å². The van der Waals surface area contributed by atoms with Crippen LogP contribution in [0.1, 0.15) is 38.3 Å². The maximum atomic E-state index is 9.08. The molecule has 2 atom stereocenters. The van der Waals surface area contributed by atoms with Gasteiger partial charge in [-0.1, -0.05) is 0 Å². The molecule has 0 saturated carbocycles. The molecule has 80 valence electrons. The van der Waals surface area contributed by atoms with Crippen LogP contribution in [0.2, 0.25) is 0 Å². The Morgan fingerprint density at radius 2 is 2.29 bits per heavy atom. The van der Waals surface area contributed by atoms with Crippen molar-refractivity contribution in [3.8, 4) is 0 Å². The molecule has 0 bridgehead atoms. The van der Waals surface area contributed by atoms with Gasteiger partial charge in [0.25, 0.3) is 0 Å². The summed E-state index contributed by atoms with van der Waals surface area (Å²) in [7, 11) is 0. The van der Waals surface area contributed by atoms with E-state index in [1.165, 1.54) is 5.56 Å². The van der Waals surface area contributed by atoms with Gasteiger partial charge in [0.2, 0.25) is 0 Å². The van der Waals surface area contributed by atoms with Crippen molar-refractivity contribution in [2.24, 2.45) is 0 Å². The molecule has 0 radical (unpaired) electrons. The summed E-state index contributed by atoms with van der Waals surface area (Å²) in [4.78, 5) is 0. The number of aliphatic hydroxyl groups is 1. The smallest absolute Gasteiger partial charge is 0.0512 e. The molecule has 2 N–H and O–H groups in total. The summed E-state index contributed by atoms with van der Waals surface area (Å²) in [6.07, 6.45) is 1.74. The minimum atomic E-state index is -0.173. The lowest BCUT2D eigenvalue weighted by Crippen LogP contribution is -2.20. The van der Waals surface area contributed by atoms with Crippen LogP contribution in [0, 0.1) is 0 Å².